The summed E-state index contributed by atoms with van der Waals surface area (Å²) in [6.07, 6.45) is 0. The average molecular weight is 287 g/mol. The van der Waals surface area contributed by atoms with E-state index >= 15 is 0 Å². The third-order valence-electron chi connectivity index (χ3n) is 3.05. The third-order valence-corrected chi connectivity index (χ3v) is 4.73. The lowest BCUT2D eigenvalue weighted by Crippen LogP contribution is -2.28. The normalized spacial score (nSPS) is 11.5. The fraction of sp³-hybridized carbons (Fsp3) is 0.500. The molecule has 0 amide bonds. The first-order valence-corrected chi connectivity index (χ1v) is 7.66. The van der Waals surface area contributed by atoms with E-state index in [4.69, 9.17) is 5.11 Å². The molecule has 19 heavy (non-hydrogen) atoms. The fourth-order valence-corrected chi connectivity index (χ4v) is 2.65. The number of sulfone groups is 1. The largest absolute Gasteiger partial charge is 0.478 e. The van der Waals surface area contributed by atoms with E-state index in [1.54, 1.807) is 6.92 Å². The van der Waals surface area contributed by atoms with E-state index in [9.17, 15) is 18.0 Å². The van der Waals surface area contributed by atoms with Gasteiger partial charge >= 0.3 is 5.97 Å². The van der Waals surface area contributed by atoms with Crippen molar-refractivity contribution in [2.75, 3.05) is 11.5 Å². The molecule has 0 radical (unpaired) electrons. The van der Waals surface area contributed by atoms with Crippen LogP contribution in [0.2, 0.25) is 0 Å². The lowest BCUT2D eigenvalue weighted by molar-refractivity contribution is 0.0694. The van der Waals surface area contributed by atoms with Gasteiger partial charge in [0.2, 0.25) is 0 Å². The van der Waals surface area contributed by atoms with Crippen LogP contribution in [0.3, 0.4) is 0 Å². The van der Waals surface area contributed by atoms with Crippen molar-refractivity contribution in [3.05, 3.63) is 33.2 Å². The van der Waals surface area contributed by atoms with Gasteiger partial charge in [-0.3, -0.25) is 4.79 Å². The number of carbonyl (C=O) groups is 1. The molecule has 0 atom stereocenters. The van der Waals surface area contributed by atoms with E-state index in [0.717, 1.165) is 0 Å². The van der Waals surface area contributed by atoms with Crippen LogP contribution in [0.5, 0.6) is 0 Å². The molecule has 0 spiro atoms. The molecule has 0 aliphatic rings. The first kappa shape index (κ1) is 15.4. The minimum Gasteiger partial charge on any atom is -0.478 e. The molecular weight excluding hydrogens is 270 g/mol. The van der Waals surface area contributed by atoms with E-state index in [2.05, 4.69) is 0 Å². The van der Waals surface area contributed by atoms with Crippen molar-refractivity contribution in [1.29, 1.82) is 0 Å². The van der Waals surface area contributed by atoms with Gasteiger partial charge in [-0.25, -0.2) is 13.2 Å². The first-order chi connectivity index (χ1) is 8.69. The van der Waals surface area contributed by atoms with Crippen molar-refractivity contribution in [2.24, 2.45) is 0 Å². The number of pyridine rings is 1. The molecule has 0 unspecified atom stereocenters. The monoisotopic (exact) mass is 287 g/mol. The number of aromatic nitrogens is 1. The number of carboxylic acid groups (broad SMARTS) is 1. The number of nitrogens with zero attached hydrogens (tertiary/aromatic N) is 1. The molecule has 0 fully saturated rings. The Balaban J connectivity index is 3.26. The van der Waals surface area contributed by atoms with Gasteiger partial charge in [0.1, 0.15) is 0 Å². The second-order valence-electron chi connectivity index (χ2n) is 4.32. The molecule has 0 aliphatic heterocycles. The van der Waals surface area contributed by atoms with Gasteiger partial charge in [0.15, 0.2) is 9.84 Å². The summed E-state index contributed by atoms with van der Waals surface area (Å²) in [5, 5.41) is 9.10. The number of rotatable bonds is 5. The minimum atomic E-state index is -3.20. The predicted octanol–water partition coefficient (Wildman–Crippen LogP) is 0.598. The summed E-state index contributed by atoms with van der Waals surface area (Å²) >= 11 is 0. The Morgan fingerprint density at radius 3 is 2.42 bits per heavy atom. The van der Waals surface area contributed by atoms with E-state index in [1.807, 2.05) is 0 Å². The maximum absolute atomic E-state index is 11.8. The van der Waals surface area contributed by atoms with Crippen LogP contribution in [0, 0.1) is 13.8 Å². The maximum atomic E-state index is 11.8. The van der Waals surface area contributed by atoms with Crippen LogP contribution in [0.1, 0.15) is 28.5 Å². The summed E-state index contributed by atoms with van der Waals surface area (Å²) in [4.78, 5) is 22.9. The molecule has 1 aromatic rings. The Kier molecular flexibility index (Phi) is 4.52. The summed E-state index contributed by atoms with van der Waals surface area (Å²) in [5.41, 5.74) is 0.327. The number of aromatic carboxylic acids is 1. The second-order valence-corrected chi connectivity index (χ2v) is 6.79. The van der Waals surface area contributed by atoms with Gasteiger partial charge in [-0.2, -0.15) is 0 Å². The molecule has 1 heterocycles. The molecule has 0 saturated carbocycles. The Bertz CT molecular complexity index is 657. The molecule has 7 heteroatoms. The summed E-state index contributed by atoms with van der Waals surface area (Å²) in [5.74, 6) is -1.30. The number of hydrogen-bond donors (Lipinski definition) is 1. The van der Waals surface area contributed by atoms with Crippen molar-refractivity contribution in [1.82, 2.24) is 4.57 Å². The summed E-state index contributed by atoms with van der Waals surface area (Å²) in [6, 6.07) is 1.22. The van der Waals surface area contributed by atoms with Crippen molar-refractivity contribution in [3.8, 4) is 0 Å². The van der Waals surface area contributed by atoms with Crippen LogP contribution in [0.15, 0.2) is 10.9 Å². The molecule has 1 aromatic heterocycles. The average Bonchev–Trinajstić information content (AvgIpc) is 2.27. The molecule has 0 aliphatic carbocycles. The third kappa shape index (κ3) is 3.44. The molecule has 1 rings (SSSR count). The van der Waals surface area contributed by atoms with Gasteiger partial charge < -0.3 is 9.67 Å². The highest BCUT2D eigenvalue weighted by Crippen LogP contribution is 2.11. The van der Waals surface area contributed by atoms with Crippen LogP contribution in [0.25, 0.3) is 0 Å². The topological polar surface area (TPSA) is 93.4 Å². The van der Waals surface area contributed by atoms with Gasteiger partial charge in [0.25, 0.3) is 5.56 Å². The molecule has 1 N–H and O–H groups in total. The second kappa shape index (κ2) is 5.56. The maximum Gasteiger partial charge on any atom is 0.337 e. The highest BCUT2D eigenvalue weighted by atomic mass is 32.2. The molecule has 106 valence electrons. The van der Waals surface area contributed by atoms with Crippen molar-refractivity contribution >= 4 is 15.8 Å². The molecule has 0 saturated heterocycles. The van der Waals surface area contributed by atoms with Crippen molar-refractivity contribution < 1.29 is 18.3 Å². The predicted molar refractivity (Wildman–Crippen MR) is 71.5 cm³/mol. The summed E-state index contributed by atoms with van der Waals surface area (Å²) in [6.45, 7) is 4.56. The van der Waals surface area contributed by atoms with Crippen molar-refractivity contribution in [2.45, 2.75) is 27.3 Å². The lowest BCUT2D eigenvalue weighted by atomic mass is 10.1. The first-order valence-electron chi connectivity index (χ1n) is 5.84. The van der Waals surface area contributed by atoms with E-state index in [-0.39, 0.29) is 34.9 Å². The van der Waals surface area contributed by atoms with Crippen LogP contribution in [-0.4, -0.2) is 35.6 Å². The van der Waals surface area contributed by atoms with Crippen LogP contribution in [0.4, 0.5) is 0 Å². The van der Waals surface area contributed by atoms with Gasteiger partial charge in [-0.1, -0.05) is 6.92 Å². The van der Waals surface area contributed by atoms with E-state index in [0.29, 0.717) is 5.56 Å². The number of carboxylic acids is 1. The standard InChI is InChI=1S/C12H17NO5S/c1-4-19(17,18)6-5-13-9(3)11(12(15)16)8(2)7-10(13)14/h7H,4-6H2,1-3H3,(H,15,16). The highest BCUT2D eigenvalue weighted by Gasteiger charge is 2.17. The van der Waals surface area contributed by atoms with Gasteiger partial charge in [0, 0.05) is 24.1 Å². The zero-order valence-corrected chi connectivity index (χ0v) is 12.0. The Morgan fingerprint density at radius 1 is 1.37 bits per heavy atom. The lowest BCUT2D eigenvalue weighted by Gasteiger charge is -2.13. The smallest absolute Gasteiger partial charge is 0.337 e. The zero-order chi connectivity index (χ0) is 14.8. The van der Waals surface area contributed by atoms with Crippen molar-refractivity contribution in [3.63, 3.8) is 0 Å². The van der Waals surface area contributed by atoms with Crippen LogP contribution < -0.4 is 5.56 Å². The molecule has 6 nitrogen and oxygen atoms in total. The molecule has 0 bridgehead atoms. The van der Waals surface area contributed by atoms with E-state index < -0.39 is 15.8 Å². The SMILES string of the molecule is CCS(=O)(=O)CCn1c(C)c(C(=O)O)c(C)cc1=O. The van der Waals surface area contributed by atoms with Gasteiger partial charge in [0.05, 0.1) is 11.3 Å². The van der Waals surface area contributed by atoms with Gasteiger partial charge in [-0.05, 0) is 19.4 Å². The summed E-state index contributed by atoms with van der Waals surface area (Å²) < 4.78 is 24.1. The minimum absolute atomic E-state index is 0.00154. The molecule has 0 aromatic carbocycles. The highest BCUT2D eigenvalue weighted by molar-refractivity contribution is 7.91. The summed E-state index contributed by atoms with van der Waals surface area (Å²) in [7, 11) is -3.20. The Morgan fingerprint density at radius 2 is 1.95 bits per heavy atom. The fourth-order valence-electron chi connectivity index (χ4n) is 1.90. The van der Waals surface area contributed by atoms with Crippen LogP contribution >= 0.6 is 0 Å². The molecular formula is C12H17NO5S. The van der Waals surface area contributed by atoms with Gasteiger partial charge in [-0.15, -0.1) is 0 Å². The van der Waals surface area contributed by atoms with Crippen LogP contribution in [-0.2, 0) is 16.4 Å². The Hall–Kier alpha value is -1.63. The quantitative estimate of drug-likeness (QED) is 0.855. The zero-order valence-electron chi connectivity index (χ0n) is 11.1. The Labute approximate surface area is 111 Å². The number of hydrogen-bond acceptors (Lipinski definition) is 4. The van der Waals surface area contributed by atoms with E-state index in [1.165, 1.54) is 24.5 Å². The number of aryl methyl sites for hydroxylation is 1.